The van der Waals surface area contributed by atoms with Crippen LogP contribution in [0.1, 0.15) is 50.4 Å². The lowest BCUT2D eigenvalue weighted by atomic mass is 9.92. The molecule has 0 saturated carbocycles. The first-order chi connectivity index (χ1) is 10.6. The molecule has 0 aliphatic carbocycles. The zero-order chi connectivity index (χ0) is 15.7. The summed E-state index contributed by atoms with van der Waals surface area (Å²) < 4.78 is 7.24. The van der Waals surface area contributed by atoms with Gasteiger partial charge in [0.2, 0.25) is 0 Å². The van der Waals surface area contributed by atoms with Gasteiger partial charge in [-0.1, -0.05) is 19.0 Å². The normalized spacial score (nSPS) is 20.6. The van der Waals surface area contributed by atoms with Gasteiger partial charge in [-0.15, -0.1) is 0 Å². The molecule has 1 saturated heterocycles. The Bertz CT molecular complexity index is 621. The SMILES string of the molecule is CC(C)c1noc(N2CCCC(C(O)c3nccn3C)C2)n1. The maximum atomic E-state index is 10.6. The summed E-state index contributed by atoms with van der Waals surface area (Å²) in [4.78, 5) is 10.8. The van der Waals surface area contributed by atoms with Gasteiger partial charge >= 0.3 is 6.01 Å². The van der Waals surface area contributed by atoms with Crippen LogP contribution >= 0.6 is 0 Å². The van der Waals surface area contributed by atoms with Crippen molar-refractivity contribution in [3.05, 3.63) is 24.0 Å². The van der Waals surface area contributed by atoms with Crippen LogP contribution in [0.5, 0.6) is 0 Å². The van der Waals surface area contributed by atoms with E-state index in [0.717, 1.165) is 25.2 Å². The van der Waals surface area contributed by atoms with E-state index >= 15 is 0 Å². The Hall–Kier alpha value is -1.89. The van der Waals surface area contributed by atoms with E-state index in [0.29, 0.717) is 18.4 Å². The highest BCUT2D eigenvalue weighted by Crippen LogP contribution is 2.30. The Morgan fingerprint density at radius 2 is 2.23 bits per heavy atom. The van der Waals surface area contributed by atoms with Crippen LogP contribution in [0, 0.1) is 5.92 Å². The second-order valence-electron chi connectivity index (χ2n) is 6.28. The number of aliphatic hydroxyl groups excluding tert-OH is 1. The summed E-state index contributed by atoms with van der Waals surface area (Å²) in [7, 11) is 1.90. The predicted octanol–water partition coefficient (Wildman–Crippen LogP) is 1.88. The number of hydrogen-bond donors (Lipinski definition) is 1. The van der Waals surface area contributed by atoms with Crippen LogP contribution in [-0.4, -0.2) is 37.9 Å². The van der Waals surface area contributed by atoms with Crippen LogP contribution in [-0.2, 0) is 7.05 Å². The van der Waals surface area contributed by atoms with Crippen LogP contribution in [0.2, 0.25) is 0 Å². The van der Waals surface area contributed by atoms with Crippen LogP contribution < -0.4 is 4.90 Å². The number of rotatable bonds is 4. The molecule has 3 heterocycles. The van der Waals surface area contributed by atoms with Crippen molar-refractivity contribution in [3.63, 3.8) is 0 Å². The molecule has 2 aromatic rings. The van der Waals surface area contributed by atoms with Crippen molar-refractivity contribution >= 4 is 6.01 Å². The van der Waals surface area contributed by atoms with Gasteiger partial charge in [-0.2, -0.15) is 4.98 Å². The van der Waals surface area contributed by atoms with Crippen molar-refractivity contribution in [2.45, 2.75) is 38.7 Å². The Balaban J connectivity index is 1.72. The molecule has 2 atom stereocenters. The number of aromatic nitrogens is 4. The molecule has 1 aliphatic heterocycles. The number of anilines is 1. The fourth-order valence-electron chi connectivity index (χ4n) is 2.90. The number of piperidine rings is 1. The molecule has 2 aromatic heterocycles. The summed E-state index contributed by atoms with van der Waals surface area (Å²) in [6.07, 6.45) is 4.95. The monoisotopic (exact) mass is 305 g/mol. The van der Waals surface area contributed by atoms with Gasteiger partial charge in [-0.25, -0.2) is 4.98 Å². The van der Waals surface area contributed by atoms with Crippen molar-refractivity contribution in [2.75, 3.05) is 18.0 Å². The van der Waals surface area contributed by atoms with Gasteiger partial charge in [-0.05, 0) is 12.8 Å². The summed E-state index contributed by atoms with van der Waals surface area (Å²) in [6.45, 7) is 5.66. The van der Waals surface area contributed by atoms with E-state index in [2.05, 4.69) is 20.0 Å². The second-order valence-corrected chi connectivity index (χ2v) is 6.28. The lowest BCUT2D eigenvalue weighted by Gasteiger charge is -2.33. The molecule has 0 bridgehead atoms. The van der Waals surface area contributed by atoms with E-state index in [1.165, 1.54) is 0 Å². The molecule has 0 radical (unpaired) electrons. The van der Waals surface area contributed by atoms with Gasteiger partial charge in [0.1, 0.15) is 11.9 Å². The third-order valence-corrected chi connectivity index (χ3v) is 4.25. The molecule has 0 amide bonds. The van der Waals surface area contributed by atoms with Gasteiger partial charge < -0.3 is 19.1 Å². The molecule has 0 aromatic carbocycles. The lowest BCUT2D eigenvalue weighted by Crippen LogP contribution is -2.38. The molecule has 22 heavy (non-hydrogen) atoms. The largest absolute Gasteiger partial charge is 0.385 e. The van der Waals surface area contributed by atoms with E-state index in [1.807, 2.05) is 31.7 Å². The van der Waals surface area contributed by atoms with Crippen molar-refractivity contribution in [1.82, 2.24) is 19.7 Å². The summed E-state index contributed by atoms with van der Waals surface area (Å²) in [5.74, 6) is 1.79. The summed E-state index contributed by atoms with van der Waals surface area (Å²) in [5, 5.41) is 14.6. The van der Waals surface area contributed by atoms with Gasteiger partial charge in [0.25, 0.3) is 0 Å². The number of nitrogens with zero attached hydrogens (tertiary/aromatic N) is 5. The Morgan fingerprint density at radius 1 is 1.41 bits per heavy atom. The first kappa shape index (κ1) is 15.0. The average molecular weight is 305 g/mol. The summed E-state index contributed by atoms with van der Waals surface area (Å²) in [6, 6.07) is 0.556. The molecular weight excluding hydrogens is 282 g/mol. The van der Waals surface area contributed by atoms with Crippen LogP contribution in [0.4, 0.5) is 6.01 Å². The maximum Gasteiger partial charge on any atom is 0.324 e. The van der Waals surface area contributed by atoms with Gasteiger partial charge in [-0.3, -0.25) is 0 Å². The molecule has 1 fully saturated rings. The first-order valence-electron chi connectivity index (χ1n) is 7.80. The van der Waals surface area contributed by atoms with Gasteiger partial charge in [0.05, 0.1) is 0 Å². The lowest BCUT2D eigenvalue weighted by molar-refractivity contribution is 0.0864. The van der Waals surface area contributed by atoms with E-state index < -0.39 is 6.10 Å². The summed E-state index contributed by atoms with van der Waals surface area (Å²) >= 11 is 0. The van der Waals surface area contributed by atoms with Crippen LogP contribution in [0.3, 0.4) is 0 Å². The predicted molar refractivity (Wildman–Crippen MR) is 81.5 cm³/mol. The average Bonchev–Trinajstić information content (AvgIpc) is 3.15. The summed E-state index contributed by atoms with van der Waals surface area (Å²) in [5.41, 5.74) is 0. The van der Waals surface area contributed by atoms with Crippen molar-refractivity contribution in [2.24, 2.45) is 13.0 Å². The van der Waals surface area contributed by atoms with E-state index in [-0.39, 0.29) is 11.8 Å². The van der Waals surface area contributed by atoms with Gasteiger partial charge in [0.15, 0.2) is 5.82 Å². The number of aliphatic hydroxyl groups is 1. The molecule has 3 rings (SSSR count). The Labute approximate surface area is 130 Å². The third-order valence-electron chi connectivity index (χ3n) is 4.25. The molecular formula is C15H23N5O2. The highest BCUT2D eigenvalue weighted by Gasteiger charge is 2.31. The molecule has 7 nitrogen and oxygen atoms in total. The van der Waals surface area contributed by atoms with Gasteiger partial charge in [0, 0.05) is 44.4 Å². The third kappa shape index (κ3) is 2.85. The highest BCUT2D eigenvalue weighted by molar-refractivity contribution is 5.27. The topological polar surface area (TPSA) is 80.2 Å². The quantitative estimate of drug-likeness (QED) is 0.929. The van der Waals surface area contributed by atoms with Crippen molar-refractivity contribution < 1.29 is 9.63 Å². The second kappa shape index (κ2) is 6.08. The molecule has 1 aliphatic rings. The zero-order valence-electron chi connectivity index (χ0n) is 13.3. The Kier molecular flexibility index (Phi) is 4.15. The molecule has 120 valence electrons. The van der Waals surface area contributed by atoms with E-state index in [4.69, 9.17) is 4.52 Å². The molecule has 7 heteroatoms. The fraction of sp³-hybridized carbons (Fsp3) is 0.667. The zero-order valence-corrected chi connectivity index (χ0v) is 13.3. The minimum atomic E-state index is -0.574. The van der Waals surface area contributed by atoms with Crippen LogP contribution in [0.15, 0.2) is 16.9 Å². The maximum absolute atomic E-state index is 10.6. The first-order valence-corrected chi connectivity index (χ1v) is 7.80. The van der Waals surface area contributed by atoms with Crippen molar-refractivity contribution in [3.8, 4) is 0 Å². The van der Waals surface area contributed by atoms with E-state index in [9.17, 15) is 5.11 Å². The van der Waals surface area contributed by atoms with Crippen LogP contribution in [0.25, 0.3) is 0 Å². The standard InChI is InChI=1S/C15H23N5O2/c1-10(2)13-17-15(22-18-13)20-7-4-5-11(9-20)12(21)14-16-6-8-19(14)3/h6,8,10-12,21H,4-5,7,9H2,1-3H3. The number of hydrogen-bond acceptors (Lipinski definition) is 6. The minimum absolute atomic E-state index is 0.115. The molecule has 1 N–H and O–H groups in total. The molecule has 2 unspecified atom stereocenters. The minimum Gasteiger partial charge on any atom is -0.385 e. The van der Waals surface area contributed by atoms with Crippen molar-refractivity contribution in [1.29, 1.82) is 0 Å². The highest BCUT2D eigenvalue weighted by atomic mass is 16.5. The molecule has 0 spiro atoms. The fourth-order valence-corrected chi connectivity index (χ4v) is 2.90. The van der Waals surface area contributed by atoms with E-state index in [1.54, 1.807) is 6.20 Å². The number of aryl methyl sites for hydroxylation is 1. The smallest absolute Gasteiger partial charge is 0.324 e. The Morgan fingerprint density at radius 3 is 2.86 bits per heavy atom. The number of imidazole rings is 1.